The van der Waals surface area contributed by atoms with E-state index >= 15 is 0 Å². The van der Waals surface area contributed by atoms with E-state index in [0.717, 1.165) is 5.56 Å². The molecule has 1 aliphatic rings. The van der Waals surface area contributed by atoms with Gasteiger partial charge in [-0.15, -0.1) is 12.4 Å². The van der Waals surface area contributed by atoms with Gasteiger partial charge in [0.1, 0.15) is 5.82 Å². The molecule has 0 bridgehead atoms. The molecule has 1 aromatic rings. The maximum Gasteiger partial charge on any atom is 0.226 e. The monoisotopic (exact) mass is 385 g/mol. The van der Waals surface area contributed by atoms with E-state index in [1.54, 1.807) is 17.9 Å². The molecule has 0 aromatic heterocycles. The molecule has 146 valence electrons. The number of halogens is 2. The number of nitrogens with zero attached hydrogens (tertiary/aromatic N) is 1. The minimum absolute atomic E-state index is 0. The molecule has 2 rings (SSSR count). The molecule has 0 spiro atoms. The molecule has 1 aromatic carbocycles. The van der Waals surface area contributed by atoms with Gasteiger partial charge in [0.2, 0.25) is 11.8 Å². The van der Waals surface area contributed by atoms with Crippen LogP contribution < -0.4 is 11.1 Å². The fourth-order valence-electron chi connectivity index (χ4n) is 2.95. The number of hydrogen-bond donors (Lipinski definition) is 2. The zero-order chi connectivity index (χ0) is 18.6. The van der Waals surface area contributed by atoms with Gasteiger partial charge < -0.3 is 16.0 Å². The maximum absolute atomic E-state index is 13.5. The Balaban J connectivity index is 0.00000338. The van der Waals surface area contributed by atoms with E-state index in [-0.39, 0.29) is 47.9 Å². The van der Waals surface area contributed by atoms with Crippen LogP contribution in [-0.2, 0) is 16.1 Å². The summed E-state index contributed by atoms with van der Waals surface area (Å²) in [6, 6.07) is 4.80. The molecule has 26 heavy (non-hydrogen) atoms. The van der Waals surface area contributed by atoms with E-state index in [1.165, 1.54) is 6.07 Å². The van der Waals surface area contributed by atoms with E-state index in [0.29, 0.717) is 38.0 Å². The number of benzene rings is 1. The van der Waals surface area contributed by atoms with E-state index in [9.17, 15) is 14.0 Å². The van der Waals surface area contributed by atoms with Gasteiger partial charge in [-0.1, -0.05) is 19.1 Å². The van der Waals surface area contributed by atoms with E-state index < -0.39 is 0 Å². The number of rotatable bonds is 5. The Bertz CT molecular complexity index is 631. The number of amides is 2. The summed E-state index contributed by atoms with van der Waals surface area (Å²) in [5, 5.41) is 2.87. The zero-order valence-electron chi connectivity index (χ0n) is 15.6. The second-order valence-electron chi connectivity index (χ2n) is 7.05. The van der Waals surface area contributed by atoms with Crippen LogP contribution >= 0.6 is 12.4 Å². The minimum atomic E-state index is -0.262. The van der Waals surface area contributed by atoms with Crippen molar-refractivity contribution in [2.24, 2.45) is 17.6 Å². The van der Waals surface area contributed by atoms with Gasteiger partial charge in [-0.05, 0) is 43.9 Å². The highest BCUT2D eigenvalue weighted by molar-refractivity contribution is 5.85. The van der Waals surface area contributed by atoms with Crippen LogP contribution in [0.15, 0.2) is 18.2 Å². The molecule has 5 nitrogen and oxygen atoms in total. The van der Waals surface area contributed by atoms with Crippen molar-refractivity contribution in [1.82, 2.24) is 10.2 Å². The Morgan fingerprint density at radius 2 is 1.92 bits per heavy atom. The highest BCUT2D eigenvalue weighted by Crippen LogP contribution is 2.20. The van der Waals surface area contributed by atoms with Crippen LogP contribution in [0, 0.1) is 24.6 Å². The molecule has 2 unspecified atom stereocenters. The lowest BCUT2D eigenvalue weighted by molar-refractivity contribution is -0.139. The summed E-state index contributed by atoms with van der Waals surface area (Å²) in [7, 11) is 0. The van der Waals surface area contributed by atoms with Gasteiger partial charge in [-0.25, -0.2) is 4.39 Å². The number of hydrogen-bond acceptors (Lipinski definition) is 3. The second kappa shape index (κ2) is 9.88. The summed E-state index contributed by atoms with van der Waals surface area (Å²) in [6.45, 7) is 6.85. The van der Waals surface area contributed by atoms with Crippen LogP contribution in [0.25, 0.3) is 0 Å². The van der Waals surface area contributed by atoms with Gasteiger partial charge in [0.25, 0.3) is 0 Å². The molecule has 0 radical (unpaired) electrons. The number of carbonyl (C=O) groups is 2. The van der Waals surface area contributed by atoms with E-state index in [1.807, 2.05) is 19.9 Å². The Morgan fingerprint density at radius 1 is 1.31 bits per heavy atom. The molecular formula is C19H29ClFN3O2. The summed E-state index contributed by atoms with van der Waals surface area (Å²) in [6.07, 6.45) is 1.29. The van der Waals surface area contributed by atoms with Crippen molar-refractivity contribution in [2.75, 3.05) is 13.1 Å². The Hall–Kier alpha value is -1.66. The standard InChI is InChI=1S/C19H28FN3O2.ClH/c1-12-4-5-15(10-17(12)20)11-22-18(24)16-6-8-23(9-7-16)19(25)13(2)14(3)21;/h4-5,10,13-14,16H,6-9,11,21H2,1-3H3,(H,22,24);1H. The highest BCUT2D eigenvalue weighted by Gasteiger charge is 2.30. The van der Waals surface area contributed by atoms with Crippen LogP contribution in [0.5, 0.6) is 0 Å². The SMILES string of the molecule is Cc1ccc(CNC(=O)C2CCN(C(=O)C(C)C(C)N)CC2)cc1F.Cl. The molecule has 2 atom stereocenters. The Labute approximate surface area is 160 Å². The van der Waals surface area contributed by atoms with Crippen molar-refractivity contribution >= 4 is 24.2 Å². The third kappa shape index (κ3) is 5.68. The molecule has 7 heteroatoms. The van der Waals surface area contributed by atoms with Crippen molar-refractivity contribution in [3.63, 3.8) is 0 Å². The van der Waals surface area contributed by atoms with Crippen LogP contribution in [-0.4, -0.2) is 35.8 Å². The lowest BCUT2D eigenvalue weighted by atomic mass is 9.94. The fourth-order valence-corrected chi connectivity index (χ4v) is 2.95. The number of nitrogens with one attached hydrogen (secondary N) is 1. The van der Waals surface area contributed by atoms with Gasteiger partial charge in [0.05, 0.1) is 5.92 Å². The minimum Gasteiger partial charge on any atom is -0.352 e. The molecule has 0 saturated carbocycles. The van der Waals surface area contributed by atoms with Crippen LogP contribution in [0.4, 0.5) is 4.39 Å². The first-order chi connectivity index (χ1) is 11.8. The largest absolute Gasteiger partial charge is 0.352 e. The molecule has 1 saturated heterocycles. The first-order valence-electron chi connectivity index (χ1n) is 8.86. The van der Waals surface area contributed by atoms with Gasteiger partial charge in [0, 0.05) is 31.6 Å². The van der Waals surface area contributed by atoms with Crippen molar-refractivity contribution in [1.29, 1.82) is 0 Å². The molecule has 2 amide bonds. The van der Waals surface area contributed by atoms with Crippen LogP contribution in [0.3, 0.4) is 0 Å². The van der Waals surface area contributed by atoms with Gasteiger partial charge in [-0.2, -0.15) is 0 Å². The quantitative estimate of drug-likeness (QED) is 0.817. The predicted molar refractivity (Wildman–Crippen MR) is 102 cm³/mol. The molecule has 0 aliphatic carbocycles. The third-order valence-corrected chi connectivity index (χ3v) is 5.06. The number of carbonyl (C=O) groups excluding carboxylic acids is 2. The van der Waals surface area contributed by atoms with Crippen LogP contribution in [0.2, 0.25) is 0 Å². The van der Waals surface area contributed by atoms with Crippen molar-refractivity contribution in [3.05, 3.63) is 35.1 Å². The smallest absolute Gasteiger partial charge is 0.226 e. The molecule has 1 heterocycles. The van der Waals surface area contributed by atoms with Crippen molar-refractivity contribution in [2.45, 2.75) is 46.2 Å². The van der Waals surface area contributed by atoms with Gasteiger partial charge >= 0.3 is 0 Å². The Morgan fingerprint density at radius 3 is 2.46 bits per heavy atom. The van der Waals surface area contributed by atoms with Crippen LogP contribution in [0.1, 0.15) is 37.8 Å². The molecule has 1 aliphatic heterocycles. The molecule has 1 fully saturated rings. The topological polar surface area (TPSA) is 75.4 Å². The summed E-state index contributed by atoms with van der Waals surface area (Å²) in [5.74, 6) is -0.550. The lowest BCUT2D eigenvalue weighted by Gasteiger charge is -2.33. The highest BCUT2D eigenvalue weighted by atomic mass is 35.5. The fraction of sp³-hybridized carbons (Fsp3) is 0.579. The number of likely N-dealkylation sites (tertiary alicyclic amines) is 1. The van der Waals surface area contributed by atoms with Gasteiger partial charge in [-0.3, -0.25) is 9.59 Å². The molecular weight excluding hydrogens is 357 g/mol. The molecule has 3 N–H and O–H groups in total. The van der Waals surface area contributed by atoms with E-state index in [4.69, 9.17) is 5.73 Å². The number of aryl methyl sites for hydroxylation is 1. The number of nitrogens with two attached hydrogens (primary N) is 1. The zero-order valence-corrected chi connectivity index (χ0v) is 16.4. The summed E-state index contributed by atoms with van der Waals surface area (Å²) in [4.78, 5) is 26.4. The summed E-state index contributed by atoms with van der Waals surface area (Å²) in [5.41, 5.74) is 7.13. The van der Waals surface area contributed by atoms with E-state index in [2.05, 4.69) is 5.32 Å². The van der Waals surface area contributed by atoms with Gasteiger partial charge in [0.15, 0.2) is 0 Å². The first-order valence-corrected chi connectivity index (χ1v) is 8.86. The van der Waals surface area contributed by atoms with Crippen molar-refractivity contribution < 1.29 is 14.0 Å². The maximum atomic E-state index is 13.5. The third-order valence-electron chi connectivity index (χ3n) is 5.06. The first kappa shape index (κ1) is 22.4. The second-order valence-corrected chi connectivity index (χ2v) is 7.05. The lowest BCUT2D eigenvalue weighted by Crippen LogP contribution is -2.47. The average Bonchev–Trinajstić information content (AvgIpc) is 2.61. The normalized spacial score (nSPS) is 17.2. The average molecular weight is 386 g/mol. The predicted octanol–water partition coefficient (Wildman–Crippen LogP) is 2.39. The summed E-state index contributed by atoms with van der Waals surface area (Å²) < 4.78 is 13.5. The Kier molecular flexibility index (Phi) is 8.50. The van der Waals surface area contributed by atoms with Crippen molar-refractivity contribution in [3.8, 4) is 0 Å². The summed E-state index contributed by atoms with van der Waals surface area (Å²) >= 11 is 0. The number of piperidine rings is 1.